The molecule has 20 heavy (non-hydrogen) atoms. The van der Waals surface area contributed by atoms with Gasteiger partial charge < -0.3 is 10.6 Å². The van der Waals surface area contributed by atoms with Crippen LogP contribution in [-0.2, 0) is 0 Å². The van der Waals surface area contributed by atoms with Crippen LogP contribution in [0.15, 0.2) is 12.1 Å². The summed E-state index contributed by atoms with van der Waals surface area (Å²) in [6.45, 7) is 2.73. The van der Waals surface area contributed by atoms with Crippen LogP contribution in [-0.4, -0.2) is 23.5 Å². The Hall–Kier alpha value is -1.29. The van der Waals surface area contributed by atoms with E-state index in [0.29, 0.717) is 28.5 Å². The van der Waals surface area contributed by atoms with Crippen LogP contribution >= 0.6 is 11.6 Å². The SMILES string of the molecule is CCNc1cc(C(=O)NC2CC3CCC2C3)cc(Cl)n1. The molecule has 2 aliphatic rings. The molecule has 1 aromatic heterocycles. The van der Waals surface area contributed by atoms with Crippen molar-refractivity contribution in [3.63, 3.8) is 0 Å². The summed E-state index contributed by atoms with van der Waals surface area (Å²) in [5.41, 5.74) is 0.587. The Morgan fingerprint density at radius 1 is 1.40 bits per heavy atom. The van der Waals surface area contributed by atoms with Crippen molar-refractivity contribution in [1.29, 1.82) is 0 Å². The number of nitrogens with zero attached hydrogens (tertiary/aromatic N) is 1. The maximum Gasteiger partial charge on any atom is 0.251 e. The van der Waals surface area contributed by atoms with E-state index in [-0.39, 0.29) is 5.91 Å². The fourth-order valence-electron chi connectivity index (χ4n) is 3.57. The van der Waals surface area contributed by atoms with Crippen LogP contribution in [0.2, 0.25) is 5.15 Å². The number of carbonyl (C=O) groups is 1. The third-order valence-corrected chi connectivity index (χ3v) is 4.66. The first-order valence-electron chi connectivity index (χ1n) is 7.38. The van der Waals surface area contributed by atoms with Gasteiger partial charge in [-0.1, -0.05) is 18.0 Å². The normalized spacial score (nSPS) is 27.6. The van der Waals surface area contributed by atoms with Crippen molar-refractivity contribution in [3.05, 3.63) is 22.8 Å². The fourth-order valence-corrected chi connectivity index (χ4v) is 3.78. The van der Waals surface area contributed by atoms with Gasteiger partial charge in [0.25, 0.3) is 5.91 Å². The summed E-state index contributed by atoms with van der Waals surface area (Å²) < 4.78 is 0. The van der Waals surface area contributed by atoms with Crippen LogP contribution in [0.4, 0.5) is 5.82 Å². The standard InChI is InChI=1S/C15H20ClN3O/c1-2-17-14-8-11(7-13(16)19-14)15(20)18-12-6-9-3-4-10(12)5-9/h7-10,12H,2-6H2,1H3,(H,17,19)(H,18,20). The molecule has 2 aliphatic carbocycles. The van der Waals surface area contributed by atoms with Gasteiger partial charge in [-0.05, 0) is 50.2 Å². The number of aromatic nitrogens is 1. The minimum Gasteiger partial charge on any atom is -0.370 e. The van der Waals surface area contributed by atoms with Gasteiger partial charge in [-0.15, -0.1) is 0 Å². The summed E-state index contributed by atoms with van der Waals surface area (Å²) in [5.74, 6) is 2.11. The summed E-state index contributed by atoms with van der Waals surface area (Å²) in [5, 5.41) is 6.61. The van der Waals surface area contributed by atoms with Crippen LogP contribution < -0.4 is 10.6 Å². The molecule has 0 radical (unpaired) electrons. The first-order valence-corrected chi connectivity index (χ1v) is 7.76. The third kappa shape index (κ3) is 2.75. The lowest BCUT2D eigenvalue weighted by molar-refractivity contribution is 0.0923. The molecule has 0 aromatic carbocycles. The van der Waals surface area contributed by atoms with Gasteiger partial charge in [-0.25, -0.2) is 4.98 Å². The van der Waals surface area contributed by atoms with Gasteiger partial charge in [0.1, 0.15) is 11.0 Å². The summed E-state index contributed by atoms with van der Waals surface area (Å²) in [7, 11) is 0. The first kappa shape index (κ1) is 13.7. The second kappa shape index (κ2) is 5.60. The van der Waals surface area contributed by atoms with Gasteiger partial charge in [-0.2, -0.15) is 0 Å². The minimum absolute atomic E-state index is 0.0361. The molecule has 3 rings (SSSR count). The number of nitrogens with one attached hydrogen (secondary N) is 2. The number of hydrogen-bond donors (Lipinski definition) is 2. The van der Waals surface area contributed by atoms with Gasteiger partial charge in [0.05, 0.1) is 0 Å². The topological polar surface area (TPSA) is 54.0 Å². The maximum atomic E-state index is 12.4. The second-order valence-corrected chi connectivity index (χ2v) is 6.24. The van der Waals surface area contributed by atoms with Crippen molar-refractivity contribution in [2.75, 3.05) is 11.9 Å². The van der Waals surface area contributed by atoms with Crippen LogP contribution in [0.25, 0.3) is 0 Å². The molecule has 0 aliphatic heterocycles. The zero-order valence-electron chi connectivity index (χ0n) is 11.7. The molecular weight excluding hydrogens is 274 g/mol. The molecule has 108 valence electrons. The Morgan fingerprint density at radius 2 is 2.25 bits per heavy atom. The monoisotopic (exact) mass is 293 g/mol. The maximum absolute atomic E-state index is 12.4. The van der Waals surface area contributed by atoms with Gasteiger partial charge in [0, 0.05) is 18.2 Å². The van der Waals surface area contributed by atoms with Crippen molar-refractivity contribution >= 4 is 23.3 Å². The molecule has 2 fully saturated rings. The summed E-state index contributed by atoms with van der Waals surface area (Å²) in [6, 6.07) is 3.74. The lowest BCUT2D eigenvalue weighted by Gasteiger charge is -2.23. The molecular formula is C15H20ClN3O. The first-order chi connectivity index (χ1) is 9.65. The average molecular weight is 294 g/mol. The summed E-state index contributed by atoms with van der Waals surface area (Å²) >= 11 is 5.98. The highest BCUT2D eigenvalue weighted by Crippen LogP contribution is 2.44. The number of fused-ring (bicyclic) bond motifs is 2. The molecule has 4 nitrogen and oxygen atoms in total. The van der Waals surface area contributed by atoms with Crippen molar-refractivity contribution in [3.8, 4) is 0 Å². The molecule has 2 bridgehead atoms. The van der Waals surface area contributed by atoms with Crippen molar-refractivity contribution in [2.24, 2.45) is 11.8 Å². The van der Waals surface area contributed by atoms with Crippen molar-refractivity contribution in [2.45, 2.75) is 38.6 Å². The molecule has 3 unspecified atom stereocenters. The van der Waals surface area contributed by atoms with E-state index in [2.05, 4.69) is 15.6 Å². The average Bonchev–Trinajstić information content (AvgIpc) is 3.00. The smallest absolute Gasteiger partial charge is 0.251 e. The Kier molecular flexibility index (Phi) is 3.83. The highest BCUT2D eigenvalue weighted by molar-refractivity contribution is 6.29. The molecule has 1 aromatic rings. The molecule has 2 saturated carbocycles. The molecule has 2 N–H and O–H groups in total. The Labute approximate surface area is 124 Å². The van der Waals surface area contributed by atoms with E-state index >= 15 is 0 Å². The quantitative estimate of drug-likeness (QED) is 0.839. The largest absolute Gasteiger partial charge is 0.370 e. The zero-order valence-corrected chi connectivity index (χ0v) is 12.4. The highest BCUT2D eigenvalue weighted by atomic mass is 35.5. The number of pyridine rings is 1. The van der Waals surface area contributed by atoms with E-state index in [1.54, 1.807) is 12.1 Å². The number of hydrogen-bond acceptors (Lipinski definition) is 3. The van der Waals surface area contributed by atoms with E-state index in [4.69, 9.17) is 11.6 Å². The highest BCUT2D eigenvalue weighted by Gasteiger charge is 2.40. The van der Waals surface area contributed by atoms with Crippen LogP contribution in [0.5, 0.6) is 0 Å². The molecule has 1 heterocycles. The Balaban J connectivity index is 1.70. The van der Waals surface area contributed by atoms with Gasteiger partial charge in [-0.3, -0.25) is 4.79 Å². The summed E-state index contributed by atoms with van der Waals surface area (Å²) in [4.78, 5) is 16.5. The van der Waals surface area contributed by atoms with Crippen molar-refractivity contribution in [1.82, 2.24) is 10.3 Å². The van der Waals surface area contributed by atoms with Gasteiger partial charge in [0.2, 0.25) is 0 Å². The Morgan fingerprint density at radius 3 is 2.90 bits per heavy atom. The molecule has 5 heteroatoms. The van der Waals surface area contributed by atoms with Crippen molar-refractivity contribution < 1.29 is 4.79 Å². The van der Waals surface area contributed by atoms with E-state index in [1.165, 1.54) is 19.3 Å². The van der Waals surface area contributed by atoms with Gasteiger partial charge in [0.15, 0.2) is 0 Å². The summed E-state index contributed by atoms with van der Waals surface area (Å²) in [6.07, 6.45) is 5.01. The number of rotatable bonds is 4. The lowest BCUT2D eigenvalue weighted by Crippen LogP contribution is -2.38. The zero-order chi connectivity index (χ0) is 14.1. The number of carbonyl (C=O) groups excluding carboxylic acids is 1. The van der Waals surface area contributed by atoms with E-state index in [1.807, 2.05) is 6.92 Å². The predicted octanol–water partition coefficient (Wildman–Crippen LogP) is 3.09. The number of amides is 1. The molecule has 1 amide bonds. The van der Waals surface area contributed by atoms with E-state index in [9.17, 15) is 4.79 Å². The minimum atomic E-state index is -0.0361. The molecule has 0 spiro atoms. The third-order valence-electron chi connectivity index (χ3n) is 4.47. The second-order valence-electron chi connectivity index (χ2n) is 5.85. The van der Waals surface area contributed by atoms with Crippen LogP contribution in [0.1, 0.15) is 43.0 Å². The number of halogens is 1. The van der Waals surface area contributed by atoms with Crippen LogP contribution in [0.3, 0.4) is 0 Å². The van der Waals surface area contributed by atoms with Gasteiger partial charge >= 0.3 is 0 Å². The molecule has 0 saturated heterocycles. The van der Waals surface area contributed by atoms with E-state index in [0.717, 1.165) is 18.9 Å². The van der Waals surface area contributed by atoms with E-state index < -0.39 is 0 Å². The lowest BCUT2D eigenvalue weighted by atomic mass is 9.95. The fraction of sp³-hybridized carbons (Fsp3) is 0.600. The number of anilines is 1. The van der Waals surface area contributed by atoms with Crippen LogP contribution in [0, 0.1) is 11.8 Å². The molecule has 3 atom stereocenters. The predicted molar refractivity (Wildman–Crippen MR) is 80.1 cm³/mol. The Bertz CT molecular complexity index is 520.